The second-order valence-corrected chi connectivity index (χ2v) is 15.9. The predicted octanol–water partition coefficient (Wildman–Crippen LogP) is 13.4. The van der Waals surface area contributed by atoms with Gasteiger partial charge in [-0.1, -0.05) is 195 Å². The van der Waals surface area contributed by atoms with Crippen LogP contribution in [0, 0.1) is 11.8 Å². The average molecular weight is 709 g/mol. The van der Waals surface area contributed by atoms with Crippen LogP contribution in [0.3, 0.4) is 0 Å². The lowest BCUT2D eigenvalue weighted by atomic mass is 10.0. The van der Waals surface area contributed by atoms with Crippen molar-refractivity contribution in [1.29, 1.82) is 0 Å². The molecule has 0 aromatic heterocycles. The SMILES string of the molecule is CCCCCCCCCCCCCCC(=O)O[C@H](COC(=O)CCCCCCCCCCC(C)C)COC(=O)CCCCCCCCC(C)C. The summed E-state index contributed by atoms with van der Waals surface area (Å²) in [7, 11) is 0. The molecular formula is C44H84O6. The van der Waals surface area contributed by atoms with Gasteiger partial charge in [-0.2, -0.15) is 0 Å². The highest BCUT2D eigenvalue weighted by Crippen LogP contribution is 2.16. The van der Waals surface area contributed by atoms with Crippen LogP contribution >= 0.6 is 0 Å². The van der Waals surface area contributed by atoms with Crippen LogP contribution in [-0.2, 0) is 28.6 Å². The Morgan fingerprint density at radius 3 is 0.980 bits per heavy atom. The molecule has 0 spiro atoms. The van der Waals surface area contributed by atoms with E-state index in [1.54, 1.807) is 0 Å². The summed E-state index contributed by atoms with van der Waals surface area (Å²) in [6.07, 6.45) is 33.9. The molecule has 0 rings (SSSR count). The summed E-state index contributed by atoms with van der Waals surface area (Å²) in [4.78, 5) is 37.6. The smallest absolute Gasteiger partial charge is 0.306 e. The monoisotopic (exact) mass is 709 g/mol. The molecule has 0 aromatic carbocycles. The minimum atomic E-state index is -0.760. The molecule has 6 nitrogen and oxygen atoms in total. The van der Waals surface area contributed by atoms with E-state index in [0.717, 1.165) is 69.6 Å². The Balaban J connectivity index is 4.34. The van der Waals surface area contributed by atoms with Gasteiger partial charge >= 0.3 is 17.9 Å². The Morgan fingerprint density at radius 1 is 0.380 bits per heavy atom. The largest absolute Gasteiger partial charge is 0.462 e. The van der Waals surface area contributed by atoms with Gasteiger partial charge in [-0.05, 0) is 31.1 Å². The Labute approximate surface area is 310 Å². The predicted molar refractivity (Wildman–Crippen MR) is 210 cm³/mol. The number of esters is 3. The van der Waals surface area contributed by atoms with Gasteiger partial charge < -0.3 is 14.2 Å². The zero-order chi connectivity index (χ0) is 36.9. The van der Waals surface area contributed by atoms with Crippen molar-refractivity contribution in [2.45, 2.75) is 240 Å². The normalized spacial score (nSPS) is 12.1. The number of ether oxygens (including phenoxy) is 3. The van der Waals surface area contributed by atoms with E-state index in [2.05, 4.69) is 34.6 Å². The average Bonchev–Trinajstić information content (AvgIpc) is 3.08. The second kappa shape index (κ2) is 37.2. The van der Waals surface area contributed by atoms with E-state index < -0.39 is 6.10 Å². The van der Waals surface area contributed by atoms with E-state index in [0.29, 0.717) is 19.3 Å². The lowest BCUT2D eigenvalue weighted by Crippen LogP contribution is -2.30. The molecule has 0 unspecified atom stereocenters. The number of carbonyl (C=O) groups excluding carboxylic acids is 3. The molecule has 0 saturated carbocycles. The first kappa shape index (κ1) is 48.4. The first-order chi connectivity index (χ1) is 24.2. The van der Waals surface area contributed by atoms with Crippen LogP contribution in [0.4, 0.5) is 0 Å². The molecule has 0 radical (unpaired) electrons. The van der Waals surface area contributed by atoms with Crippen LogP contribution in [0.1, 0.15) is 234 Å². The van der Waals surface area contributed by atoms with Crippen molar-refractivity contribution < 1.29 is 28.6 Å². The van der Waals surface area contributed by atoms with Gasteiger partial charge in [0.15, 0.2) is 6.10 Å². The van der Waals surface area contributed by atoms with E-state index in [-0.39, 0.29) is 31.1 Å². The molecule has 0 heterocycles. The van der Waals surface area contributed by atoms with Gasteiger partial charge in [-0.3, -0.25) is 14.4 Å². The van der Waals surface area contributed by atoms with Crippen molar-refractivity contribution in [3.63, 3.8) is 0 Å². The van der Waals surface area contributed by atoms with Crippen LogP contribution in [-0.4, -0.2) is 37.2 Å². The molecular weight excluding hydrogens is 624 g/mol. The van der Waals surface area contributed by atoms with Crippen molar-refractivity contribution in [3.05, 3.63) is 0 Å². The van der Waals surface area contributed by atoms with Crippen molar-refractivity contribution in [3.8, 4) is 0 Å². The molecule has 0 N–H and O–H groups in total. The first-order valence-corrected chi connectivity index (χ1v) is 21.7. The minimum Gasteiger partial charge on any atom is -0.462 e. The van der Waals surface area contributed by atoms with Crippen molar-refractivity contribution in [1.82, 2.24) is 0 Å². The fourth-order valence-electron chi connectivity index (χ4n) is 6.40. The van der Waals surface area contributed by atoms with Gasteiger partial charge in [0.05, 0.1) is 0 Å². The van der Waals surface area contributed by atoms with Crippen molar-refractivity contribution in [2.24, 2.45) is 11.8 Å². The highest BCUT2D eigenvalue weighted by atomic mass is 16.6. The van der Waals surface area contributed by atoms with Gasteiger partial charge in [-0.15, -0.1) is 0 Å². The standard InChI is InChI=1S/C44H84O6/c1-6-7-8-9-10-11-12-13-14-19-26-31-36-44(47)50-41(38-49-43(46)35-30-25-21-20-23-28-33-40(4)5)37-48-42(45)34-29-24-18-16-15-17-22-27-32-39(2)3/h39-41H,6-38H2,1-5H3/t41-/m1/s1. The maximum absolute atomic E-state index is 12.7. The van der Waals surface area contributed by atoms with Gasteiger partial charge in [0.1, 0.15) is 13.2 Å². The zero-order valence-electron chi connectivity index (χ0n) is 34.0. The Bertz CT molecular complexity index is 764. The molecule has 0 aliphatic carbocycles. The minimum absolute atomic E-state index is 0.0664. The maximum atomic E-state index is 12.7. The van der Waals surface area contributed by atoms with E-state index in [9.17, 15) is 14.4 Å². The van der Waals surface area contributed by atoms with Crippen LogP contribution < -0.4 is 0 Å². The summed E-state index contributed by atoms with van der Waals surface area (Å²) in [5.41, 5.74) is 0. The molecule has 0 aliphatic heterocycles. The van der Waals surface area contributed by atoms with Crippen LogP contribution in [0.25, 0.3) is 0 Å². The van der Waals surface area contributed by atoms with Gasteiger partial charge in [0.25, 0.3) is 0 Å². The number of rotatable bonds is 38. The molecule has 0 aliphatic rings. The molecule has 0 fully saturated rings. The highest BCUT2D eigenvalue weighted by Gasteiger charge is 2.19. The summed E-state index contributed by atoms with van der Waals surface area (Å²) >= 11 is 0. The Morgan fingerprint density at radius 2 is 0.660 bits per heavy atom. The van der Waals surface area contributed by atoms with Crippen LogP contribution in [0.15, 0.2) is 0 Å². The number of hydrogen-bond acceptors (Lipinski definition) is 6. The van der Waals surface area contributed by atoms with E-state index in [1.165, 1.54) is 122 Å². The molecule has 6 heteroatoms. The lowest BCUT2D eigenvalue weighted by Gasteiger charge is -2.18. The third-order valence-corrected chi connectivity index (χ3v) is 9.72. The van der Waals surface area contributed by atoms with Gasteiger partial charge in [-0.25, -0.2) is 0 Å². The van der Waals surface area contributed by atoms with Gasteiger partial charge in [0, 0.05) is 19.3 Å². The summed E-state index contributed by atoms with van der Waals surface area (Å²) in [5.74, 6) is 0.694. The van der Waals surface area contributed by atoms with E-state index in [4.69, 9.17) is 14.2 Å². The quantitative estimate of drug-likeness (QED) is 0.0361. The van der Waals surface area contributed by atoms with Crippen molar-refractivity contribution in [2.75, 3.05) is 13.2 Å². The van der Waals surface area contributed by atoms with Crippen molar-refractivity contribution >= 4 is 17.9 Å². The molecule has 50 heavy (non-hydrogen) atoms. The number of unbranched alkanes of at least 4 members (excludes halogenated alkanes) is 23. The summed E-state index contributed by atoms with van der Waals surface area (Å²) in [6.45, 7) is 11.2. The number of carbonyl (C=O) groups is 3. The van der Waals surface area contributed by atoms with E-state index >= 15 is 0 Å². The molecule has 296 valence electrons. The number of hydrogen-bond donors (Lipinski definition) is 0. The molecule has 0 saturated heterocycles. The van der Waals surface area contributed by atoms with Crippen LogP contribution in [0.2, 0.25) is 0 Å². The van der Waals surface area contributed by atoms with Crippen LogP contribution in [0.5, 0.6) is 0 Å². The van der Waals surface area contributed by atoms with E-state index in [1.807, 2.05) is 0 Å². The third kappa shape index (κ3) is 37.7. The fraction of sp³-hybridized carbons (Fsp3) is 0.932. The summed E-state index contributed by atoms with van der Waals surface area (Å²) in [5, 5.41) is 0. The molecule has 0 aromatic rings. The lowest BCUT2D eigenvalue weighted by molar-refractivity contribution is -0.167. The maximum Gasteiger partial charge on any atom is 0.306 e. The second-order valence-electron chi connectivity index (χ2n) is 15.9. The molecule has 0 amide bonds. The molecule has 0 bridgehead atoms. The highest BCUT2D eigenvalue weighted by molar-refractivity contribution is 5.71. The third-order valence-electron chi connectivity index (χ3n) is 9.72. The topological polar surface area (TPSA) is 78.9 Å². The first-order valence-electron chi connectivity index (χ1n) is 21.7. The molecule has 1 atom stereocenters. The fourth-order valence-corrected chi connectivity index (χ4v) is 6.40. The zero-order valence-corrected chi connectivity index (χ0v) is 34.0. The Kier molecular flexibility index (Phi) is 36.0. The summed E-state index contributed by atoms with van der Waals surface area (Å²) < 4.78 is 16.7. The Hall–Kier alpha value is -1.59. The summed E-state index contributed by atoms with van der Waals surface area (Å²) in [6, 6.07) is 0. The van der Waals surface area contributed by atoms with Gasteiger partial charge in [0.2, 0.25) is 0 Å².